The van der Waals surface area contributed by atoms with E-state index in [2.05, 4.69) is 11.6 Å². The average Bonchev–Trinajstić information content (AvgIpc) is 2.33. The van der Waals surface area contributed by atoms with Crippen LogP contribution in [-0.4, -0.2) is 11.6 Å². The number of rotatable bonds is 1. The van der Waals surface area contributed by atoms with Gasteiger partial charge in [-0.3, -0.25) is 4.99 Å². The normalized spacial score (nSPS) is 11.9. The van der Waals surface area contributed by atoms with E-state index in [9.17, 15) is 0 Å². The van der Waals surface area contributed by atoms with Crippen molar-refractivity contribution in [1.82, 2.24) is 4.57 Å². The van der Waals surface area contributed by atoms with Gasteiger partial charge < -0.3 is 4.57 Å². The van der Waals surface area contributed by atoms with Crippen molar-refractivity contribution < 1.29 is 0 Å². The van der Waals surface area contributed by atoms with E-state index in [0.29, 0.717) is 0 Å². The van der Waals surface area contributed by atoms with E-state index in [1.165, 1.54) is 0 Å². The smallest absolute Gasteiger partial charge is 0.188 e. The molecule has 0 radical (unpaired) electrons. The van der Waals surface area contributed by atoms with E-state index in [4.69, 9.17) is 0 Å². The summed E-state index contributed by atoms with van der Waals surface area (Å²) in [5.41, 5.74) is 0. The molecule has 0 saturated heterocycles. The Labute approximate surface area is 57.8 Å². The Bertz CT molecular complexity index is 256. The zero-order valence-corrected chi connectivity index (χ0v) is 6.06. The summed E-state index contributed by atoms with van der Waals surface area (Å²) in [6, 6.07) is 0. The first-order valence-electron chi connectivity index (χ1n) is 2.59. The molecule has 0 saturated carbocycles. The Morgan fingerprint density at radius 1 is 1.89 bits per heavy atom. The number of hydrogen-bond donors (Lipinski definition) is 0. The molecule has 0 aliphatic heterocycles. The Morgan fingerprint density at radius 3 is 3.11 bits per heavy atom. The molecule has 0 bridgehead atoms. The summed E-state index contributed by atoms with van der Waals surface area (Å²) in [6.07, 6.45) is 3.67. The summed E-state index contributed by atoms with van der Waals surface area (Å²) in [6.45, 7) is 3.62. The summed E-state index contributed by atoms with van der Waals surface area (Å²) >= 11 is 1.60. The molecule has 0 N–H and O–H groups in total. The summed E-state index contributed by atoms with van der Waals surface area (Å²) < 4.78 is 1.88. The largest absolute Gasteiger partial charge is 0.300 e. The quantitative estimate of drug-likeness (QED) is 0.557. The van der Waals surface area contributed by atoms with Crippen molar-refractivity contribution in [3.8, 4) is 0 Å². The molecule has 0 aliphatic carbocycles. The third-order valence-corrected chi connectivity index (χ3v) is 1.87. The lowest BCUT2D eigenvalue weighted by atomic mass is 10.8. The second-order valence-electron chi connectivity index (χ2n) is 1.50. The monoisotopic (exact) mass is 140 g/mol. The molecule has 1 aromatic heterocycles. The minimum absolute atomic E-state index is 0.977. The molecule has 0 unspecified atom stereocenters. The van der Waals surface area contributed by atoms with E-state index in [1.807, 2.05) is 16.1 Å². The van der Waals surface area contributed by atoms with Crippen molar-refractivity contribution >= 4 is 17.5 Å². The highest BCUT2D eigenvalue weighted by Crippen LogP contribution is 1.87. The third-order valence-electron chi connectivity index (χ3n) is 1.00. The molecular formula is C6H8N2S. The van der Waals surface area contributed by atoms with E-state index < -0.39 is 0 Å². The zero-order chi connectivity index (χ0) is 6.69. The fourth-order valence-electron chi connectivity index (χ4n) is 0.589. The van der Waals surface area contributed by atoms with Crippen LogP contribution in [0, 0.1) is 0 Å². The molecule has 0 aliphatic rings. The predicted octanol–water partition coefficient (Wildman–Crippen LogP) is 1.18. The van der Waals surface area contributed by atoms with Crippen LogP contribution in [0.2, 0.25) is 0 Å². The molecule has 1 rings (SSSR count). The summed E-state index contributed by atoms with van der Waals surface area (Å²) in [5, 5.41) is 1.98. The molecule has 1 aromatic rings. The Balaban J connectivity index is 3.30. The lowest BCUT2D eigenvalue weighted by Gasteiger charge is -1.86. The minimum atomic E-state index is 0.977. The van der Waals surface area contributed by atoms with Crippen LogP contribution in [0.1, 0.15) is 0 Å². The molecule has 48 valence electrons. The van der Waals surface area contributed by atoms with Gasteiger partial charge in [0, 0.05) is 24.8 Å². The molecule has 9 heavy (non-hydrogen) atoms. The summed E-state index contributed by atoms with van der Waals surface area (Å²) in [5.74, 6) is 0. The van der Waals surface area contributed by atoms with Gasteiger partial charge in [-0.25, -0.2) is 0 Å². The maximum Gasteiger partial charge on any atom is 0.188 e. The van der Waals surface area contributed by atoms with Crippen LogP contribution in [0.3, 0.4) is 0 Å². The first-order valence-corrected chi connectivity index (χ1v) is 3.47. The highest BCUT2D eigenvalue weighted by Gasteiger charge is 1.84. The summed E-state index contributed by atoms with van der Waals surface area (Å²) in [7, 11) is 1.77. The molecule has 0 fully saturated rings. The van der Waals surface area contributed by atoms with Crippen LogP contribution in [0.5, 0.6) is 0 Å². The summed E-state index contributed by atoms with van der Waals surface area (Å²) in [4.78, 5) is 4.99. The highest BCUT2D eigenvalue weighted by atomic mass is 32.1. The van der Waals surface area contributed by atoms with Crippen molar-refractivity contribution in [3.63, 3.8) is 0 Å². The Morgan fingerprint density at radius 2 is 2.67 bits per heavy atom. The SMILES string of the molecule is C=Cn1ccsc1=NC. The molecule has 0 amide bonds. The zero-order valence-electron chi connectivity index (χ0n) is 5.24. The Hall–Kier alpha value is -0.830. The van der Waals surface area contributed by atoms with Crippen LogP contribution in [0.25, 0.3) is 6.20 Å². The molecule has 3 heteroatoms. The van der Waals surface area contributed by atoms with Crippen molar-refractivity contribution in [1.29, 1.82) is 0 Å². The van der Waals surface area contributed by atoms with Gasteiger partial charge in [-0.05, 0) is 0 Å². The van der Waals surface area contributed by atoms with Gasteiger partial charge in [-0.15, -0.1) is 11.3 Å². The lowest BCUT2D eigenvalue weighted by Crippen LogP contribution is -2.06. The second kappa shape index (κ2) is 2.64. The maximum atomic E-state index is 4.01. The Kier molecular flexibility index (Phi) is 1.85. The number of thiazole rings is 1. The first kappa shape index (κ1) is 6.29. The van der Waals surface area contributed by atoms with Gasteiger partial charge in [0.2, 0.25) is 0 Å². The first-order chi connectivity index (χ1) is 4.38. The fraction of sp³-hybridized carbons (Fsp3) is 0.167. The van der Waals surface area contributed by atoms with Gasteiger partial charge in [0.15, 0.2) is 4.80 Å². The van der Waals surface area contributed by atoms with Crippen LogP contribution < -0.4 is 4.80 Å². The van der Waals surface area contributed by atoms with E-state index >= 15 is 0 Å². The molecule has 1 heterocycles. The topological polar surface area (TPSA) is 17.3 Å². The van der Waals surface area contributed by atoms with E-state index in [0.717, 1.165) is 4.80 Å². The fourth-order valence-corrected chi connectivity index (χ4v) is 1.26. The number of hydrogen-bond acceptors (Lipinski definition) is 2. The van der Waals surface area contributed by atoms with Crippen molar-refractivity contribution in [3.05, 3.63) is 23.0 Å². The third kappa shape index (κ3) is 1.10. The highest BCUT2D eigenvalue weighted by molar-refractivity contribution is 7.07. The van der Waals surface area contributed by atoms with Gasteiger partial charge in [0.25, 0.3) is 0 Å². The molecular weight excluding hydrogens is 132 g/mol. The second-order valence-corrected chi connectivity index (χ2v) is 2.37. The van der Waals surface area contributed by atoms with Crippen molar-refractivity contribution in [2.45, 2.75) is 0 Å². The molecule has 2 nitrogen and oxygen atoms in total. The van der Waals surface area contributed by atoms with Gasteiger partial charge in [0.05, 0.1) is 0 Å². The van der Waals surface area contributed by atoms with Crippen molar-refractivity contribution in [2.24, 2.45) is 4.99 Å². The van der Waals surface area contributed by atoms with Gasteiger partial charge in [-0.1, -0.05) is 6.58 Å². The van der Waals surface area contributed by atoms with Gasteiger partial charge in [-0.2, -0.15) is 0 Å². The van der Waals surface area contributed by atoms with Gasteiger partial charge >= 0.3 is 0 Å². The molecule has 0 aromatic carbocycles. The predicted molar refractivity (Wildman–Crippen MR) is 40.2 cm³/mol. The van der Waals surface area contributed by atoms with E-state index in [1.54, 1.807) is 24.6 Å². The average molecular weight is 140 g/mol. The molecule has 0 spiro atoms. The number of aromatic nitrogens is 1. The van der Waals surface area contributed by atoms with Crippen LogP contribution in [0.15, 0.2) is 23.1 Å². The van der Waals surface area contributed by atoms with Gasteiger partial charge in [0.1, 0.15) is 0 Å². The minimum Gasteiger partial charge on any atom is -0.300 e. The van der Waals surface area contributed by atoms with Crippen LogP contribution in [0.4, 0.5) is 0 Å². The maximum absolute atomic E-state index is 4.01. The van der Waals surface area contributed by atoms with Crippen LogP contribution in [-0.2, 0) is 0 Å². The number of nitrogens with zero attached hydrogens (tertiary/aromatic N) is 2. The van der Waals surface area contributed by atoms with Crippen molar-refractivity contribution in [2.75, 3.05) is 7.05 Å². The molecule has 0 atom stereocenters. The lowest BCUT2D eigenvalue weighted by molar-refractivity contribution is 1.06. The standard InChI is InChI=1S/C6H8N2S/c1-3-8-4-5-9-6(8)7-2/h3-5H,1H2,2H3. The van der Waals surface area contributed by atoms with Crippen LogP contribution >= 0.6 is 11.3 Å². The van der Waals surface area contributed by atoms with E-state index in [-0.39, 0.29) is 0 Å².